The van der Waals surface area contributed by atoms with E-state index in [1.54, 1.807) is 41.3 Å². The van der Waals surface area contributed by atoms with Crippen molar-refractivity contribution >= 4 is 28.5 Å². The van der Waals surface area contributed by atoms with Crippen LogP contribution in [0.4, 0.5) is 5.69 Å². The summed E-state index contributed by atoms with van der Waals surface area (Å²) in [5.74, 6) is 0.158. The zero-order valence-corrected chi connectivity index (χ0v) is 21.7. The number of carbonyl (C=O) groups is 2. The zero-order chi connectivity index (χ0) is 27.7. The van der Waals surface area contributed by atoms with Gasteiger partial charge in [-0.15, -0.1) is 0 Å². The summed E-state index contributed by atoms with van der Waals surface area (Å²) in [6.07, 6.45) is 0. The highest BCUT2D eigenvalue weighted by atomic mass is 16.7. The molecule has 0 N–H and O–H groups in total. The van der Waals surface area contributed by atoms with E-state index in [2.05, 4.69) is 0 Å². The van der Waals surface area contributed by atoms with E-state index in [1.165, 1.54) is 4.90 Å². The molecule has 5 aromatic rings. The maximum Gasteiger partial charge on any atom is 0.291 e. The molecule has 3 aliphatic rings. The van der Waals surface area contributed by atoms with Gasteiger partial charge in [-0.2, -0.15) is 0 Å². The van der Waals surface area contributed by atoms with Crippen LogP contribution in [-0.4, -0.2) is 23.5 Å². The van der Waals surface area contributed by atoms with E-state index in [1.807, 2.05) is 60.7 Å². The van der Waals surface area contributed by atoms with Gasteiger partial charge in [0.1, 0.15) is 5.58 Å². The lowest BCUT2D eigenvalue weighted by Crippen LogP contribution is -2.52. The number of nitrogens with zero attached hydrogens (tertiary/aromatic N) is 2. The Balaban J connectivity index is 1.38. The van der Waals surface area contributed by atoms with Crippen LogP contribution in [0.3, 0.4) is 0 Å². The quantitative estimate of drug-likeness (QED) is 0.319. The Morgan fingerprint density at radius 2 is 1.49 bits per heavy atom. The lowest BCUT2D eigenvalue weighted by atomic mass is 9.83. The Labute approximate surface area is 233 Å². The van der Waals surface area contributed by atoms with Crippen LogP contribution in [0.15, 0.2) is 106 Å². The fraction of sp³-hybridized carbons (Fsp3) is 0.121. The molecule has 41 heavy (non-hydrogen) atoms. The number of amides is 2. The SMILES string of the molecule is O=C1c2oc3ccccc3c(=O)c2C2(C(=O)N(Cc3ccccc3)c3ccccc32)N1Cc1ccc2c(c1)OCO2. The monoisotopic (exact) mass is 542 g/mol. The first-order valence-corrected chi connectivity index (χ1v) is 13.3. The van der Waals surface area contributed by atoms with Crippen LogP contribution in [0.5, 0.6) is 11.5 Å². The summed E-state index contributed by atoms with van der Waals surface area (Å²) in [6.45, 7) is 0.426. The fourth-order valence-electron chi connectivity index (χ4n) is 6.30. The lowest BCUT2D eigenvalue weighted by molar-refractivity contribution is -0.126. The third kappa shape index (κ3) is 3.18. The van der Waals surface area contributed by atoms with Gasteiger partial charge in [0.25, 0.3) is 11.8 Å². The molecule has 2 amide bonds. The summed E-state index contributed by atoms with van der Waals surface area (Å²) in [4.78, 5) is 46.6. The highest BCUT2D eigenvalue weighted by Crippen LogP contribution is 2.53. The Morgan fingerprint density at radius 1 is 0.732 bits per heavy atom. The summed E-state index contributed by atoms with van der Waals surface area (Å²) in [7, 11) is 0. The van der Waals surface area contributed by atoms with Crippen LogP contribution in [0, 0.1) is 0 Å². The average Bonchev–Trinajstić information content (AvgIpc) is 3.64. The number of anilines is 1. The minimum Gasteiger partial charge on any atom is -0.454 e. The van der Waals surface area contributed by atoms with E-state index >= 15 is 0 Å². The smallest absolute Gasteiger partial charge is 0.291 e. The standard InChI is InChI=1S/C33H22N2O6/c36-29-22-10-4-7-13-25(22)41-30-28(29)33(35(31(30)37)18-21-14-15-26-27(16-21)40-19-39-26)23-11-5-6-12-24(23)34(32(33)38)17-20-8-2-1-3-9-20/h1-16H,17-19H2. The van der Waals surface area contributed by atoms with Gasteiger partial charge in [0.05, 0.1) is 23.2 Å². The molecule has 200 valence electrons. The lowest BCUT2D eigenvalue weighted by Gasteiger charge is -2.34. The molecule has 1 atom stereocenters. The first-order valence-electron chi connectivity index (χ1n) is 13.3. The molecule has 0 fully saturated rings. The summed E-state index contributed by atoms with van der Waals surface area (Å²) < 4.78 is 17.2. The molecular weight excluding hydrogens is 520 g/mol. The van der Waals surface area contributed by atoms with Crippen molar-refractivity contribution in [2.45, 2.75) is 18.6 Å². The van der Waals surface area contributed by atoms with Crippen molar-refractivity contribution in [3.05, 3.63) is 135 Å². The molecule has 0 radical (unpaired) electrons. The molecule has 8 nitrogen and oxygen atoms in total. The molecule has 0 saturated heterocycles. The molecule has 1 unspecified atom stereocenters. The Kier molecular flexibility index (Phi) is 4.91. The van der Waals surface area contributed by atoms with Crippen molar-refractivity contribution in [1.82, 2.24) is 4.90 Å². The van der Waals surface area contributed by atoms with Gasteiger partial charge in [-0.05, 0) is 41.5 Å². The maximum absolute atomic E-state index is 14.9. The normalized spacial score (nSPS) is 18.4. The van der Waals surface area contributed by atoms with Gasteiger partial charge >= 0.3 is 0 Å². The highest BCUT2D eigenvalue weighted by Gasteiger charge is 2.65. The number of carbonyl (C=O) groups excluding carboxylic acids is 2. The molecule has 0 bridgehead atoms. The van der Waals surface area contributed by atoms with Crippen LogP contribution in [0.1, 0.15) is 32.8 Å². The summed E-state index contributed by atoms with van der Waals surface area (Å²) in [5.41, 5.74) is 1.09. The van der Waals surface area contributed by atoms with Gasteiger partial charge in [0.2, 0.25) is 12.6 Å². The second-order valence-electron chi connectivity index (χ2n) is 10.3. The highest BCUT2D eigenvalue weighted by molar-refractivity contribution is 6.17. The molecule has 4 aromatic carbocycles. The van der Waals surface area contributed by atoms with Gasteiger partial charge in [0.15, 0.2) is 22.5 Å². The summed E-state index contributed by atoms with van der Waals surface area (Å²) >= 11 is 0. The Hall–Kier alpha value is -5.37. The van der Waals surface area contributed by atoms with Crippen molar-refractivity contribution in [3.63, 3.8) is 0 Å². The van der Waals surface area contributed by atoms with E-state index < -0.39 is 16.9 Å². The van der Waals surface area contributed by atoms with Crippen LogP contribution in [0.2, 0.25) is 0 Å². The fourth-order valence-corrected chi connectivity index (χ4v) is 6.30. The molecule has 0 aliphatic carbocycles. The van der Waals surface area contributed by atoms with Crippen molar-refractivity contribution in [3.8, 4) is 11.5 Å². The third-order valence-electron chi connectivity index (χ3n) is 8.10. The largest absolute Gasteiger partial charge is 0.454 e. The van der Waals surface area contributed by atoms with Crippen molar-refractivity contribution in [2.24, 2.45) is 0 Å². The Morgan fingerprint density at radius 3 is 2.37 bits per heavy atom. The minimum absolute atomic E-state index is 0.0364. The van der Waals surface area contributed by atoms with Crippen LogP contribution >= 0.6 is 0 Å². The number of hydrogen-bond donors (Lipinski definition) is 0. The van der Waals surface area contributed by atoms with Gasteiger partial charge in [-0.25, -0.2) is 0 Å². The van der Waals surface area contributed by atoms with Gasteiger partial charge in [-0.3, -0.25) is 14.4 Å². The summed E-state index contributed by atoms with van der Waals surface area (Å²) in [6, 6.07) is 29.2. The van der Waals surface area contributed by atoms with Crippen molar-refractivity contribution < 1.29 is 23.5 Å². The number of benzene rings is 4. The molecule has 8 heteroatoms. The number of ether oxygens (including phenoxy) is 2. The van der Waals surface area contributed by atoms with Gasteiger partial charge in [-0.1, -0.05) is 66.7 Å². The molecule has 0 saturated carbocycles. The number of para-hydroxylation sites is 2. The van der Waals surface area contributed by atoms with Crippen LogP contribution < -0.4 is 19.8 Å². The zero-order valence-electron chi connectivity index (χ0n) is 21.7. The van der Waals surface area contributed by atoms with E-state index in [9.17, 15) is 14.4 Å². The van der Waals surface area contributed by atoms with E-state index in [0.717, 1.165) is 11.1 Å². The number of hydrogen-bond acceptors (Lipinski definition) is 6. The van der Waals surface area contributed by atoms with Crippen molar-refractivity contribution in [2.75, 3.05) is 11.7 Å². The second kappa shape index (κ2) is 8.56. The maximum atomic E-state index is 14.9. The second-order valence-corrected chi connectivity index (χ2v) is 10.3. The molecule has 4 heterocycles. The third-order valence-corrected chi connectivity index (χ3v) is 8.10. The predicted molar refractivity (Wildman–Crippen MR) is 150 cm³/mol. The van der Waals surface area contributed by atoms with Gasteiger partial charge < -0.3 is 23.7 Å². The average molecular weight is 543 g/mol. The molecule has 3 aliphatic heterocycles. The Bertz CT molecular complexity index is 1970. The van der Waals surface area contributed by atoms with Gasteiger partial charge in [0, 0.05) is 12.1 Å². The first-order chi connectivity index (χ1) is 20.1. The molecule has 1 aromatic heterocycles. The van der Waals surface area contributed by atoms with Crippen LogP contribution in [-0.2, 0) is 23.4 Å². The van der Waals surface area contributed by atoms with E-state index in [4.69, 9.17) is 13.9 Å². The van der Waals surface area contributed by atoms with E-state index in [0.29, 0.717) is 33.7 Å². The van der Waals surface area contributed by atoms with Crippen molar-refractivity contribution in [1.29, 1.82) is 0 Å². The number of rotatable bonds is 4. The van der Waals surface area contributed by atoms with E-state index in [-0.39, 0.29) is 37.1 Å². The molecular formula is C33H22N2O6. The molecule has 8 rings (SSSR count). The molecule has 1 spiro atoms. The topological polar surface area (TPSA) is 89.3 Å². The van der Waals surface area contributed by atoms with Crippen LogP contribution in [0.25, 0.3) is 11.0 Å². The first kappa shape index (κ1) is 23.5. The summed E-state index contributed by atoms with van der Waals surface area (Å²) in [5, 5.41) is 0.315. The number of fused-ring (bicyclic) bond motifs is 6. The minimum atomic E-state index is -1.71. The predicted octanol–water partition coefficient (Wildman–Crippen LogP) is 4.97.